The van der Waals surface area contributed by atoms with Gasteiger partial charge in [0.25, 0.3) is 0 Å². The van der Waals surface area contributed by atoms with Crippen molar-refractivity contribution in [3.05, 3.63) is 152 Å². The molecule has 0 aliphatic heterocycles. The summed E-state index contributed by atoms with van der Waals surface area (Å²) in [6.45, 7) is 3.76. The Morgan fingerprint density at radius 3 is 0.964 bits per heavy atom. The fraction of sp³-hybridized carbons (Fsp3) is 0.0385. The summed E-state index contributed by atoms with van der Waals surface area (Å²) in [7, 11) is 0. The normalized spacial score (nSPS) is 7.96. The number of rotatable bonds is 1. The molecule has 0 saturated carbocycles. The van der Waals surface area contributed by atoms with E-state index in [0.29, 0.717) is 0 Å². The smallest absolute Gasteiger partial charge is 0.0617 e. The van der Waals surface area contributed by atoms with E-state index in [9.17, 15) is 0 Å². The molecule has 0 N–H and O–H groups in total. The Hall–Kier alpha value is -2.02. The molecule has 0 nitrogen and oxygen atoms in total. The largest absolute Gasteiger partial charge is 0.339 e. The van der Waals surface area contributed by atoms with Crippen LogP contribution in [-0.4, -0.2) is 0 Å². The number of hydrogen-bond donors (Lipinski definition) is 0. The molecule has 0 fully saturated rings. The van der Waals surface area contributed by atoms with Gasteiger partial charge in [0.2, 0.25) is 0 Å². The van der Waals surface area contributed by atoms with E-state index < -0.39 is 0 Å². The Kier molecular flexibility index (Phi) is 21.4. The number of hydrogen-bond acceptors (Lipinski definition) is 0. The Labute approximate surface area is 187 Å². The van der Waals surface area contributed by atoms with E-state index in [-0.39, 0.29) is 0 Å². The summed E-state index contributed by atoms with van der Waals surface area (Å²) in [6.07, 6.45) is 0.890. The van der Waals surface area contributed by atoms with Crippen LogP contribution in [0.4, 0.5) is 0 Å². The molecule has 0 saturated heterocycles. The average molecular weight is 517 g/mol. The molecule has 0 atom stereocenters. The minimum atomic E-state index is 0.890. The number of benzene rings is 4. The predicted octanol–water partition coefficient (Wildman–Crippen LogP) is 7.37. The van der Waals surface area contributed by atoms with Crippen LogP contribution in [0.15, 0.2) is 121 Å². The maximum Gasteiger partial charge on any atom is -0.0617 e. The topological polar surface area (TPSA) is 0 Å². The third kappa shape index (κ3) is 18.8. The van der Waals surface area contributed by atoms with Gasteiger partial charge in [-0.15, -0.1) is 0 Å². The van der Waals surface area contributed by atoms with Crippen molar-refractivity contribution in [2.24, 2.45) is 0 Å². The van der Waals surface area contributed by atoms with Crippen molar-refractivity contribution in [1.82, 2.24) is 0 Å². The van der Waals surface area contributed by atoms with E-state index in [2.05, 4.69) is 67.2 Å². The van der Waals surface area contributed by atoms with Gasteiger partial charge in [0, 0.05) is 0 Å². The van der Waals surface area contributed by atoms with Gasteiger partial charge in [-0.2, -0.15) is 116 Å². The maximum atomic E-state index is 3.76. The summed E-state index contributed by atoms with van der Waals surface area (Å²) >= 11 is 5.03. The van der Waals surface area contributed by atoms with E-state index >= 15 is 0 Å². The van der Waals surface area contributed by atoms with E-state index in [1.54, 1.807) is 0 Å². The van der Waals surface area contributed by atoms with Gasteiger partial charge in [0.1, 0.15) is 0 Å². The van der Waals surface area contributed by atoms with Crippen molar-refractivity contribution in [1.29, 1.82) is 0 Å². The van der Waals surface area contributed by atoms with Gasteiger partial charge in [-0.05, 0) is 0 Å². The van der Waals surface area contributed by atoms with E-state index in [1.165, 1.54) is 5.56 Å². The van der Waals surface area contributed by atoms with Gasteiger partial charge in [-0.1, -0.05) is 35.9 Å². The van der Waals surface area contributed by atoms with Crippen LogP contribution in [-0.2, 0) is 22.8 Å². The molecule has 0 amide bonds. The molecule has 0 unspecified atom stereocenters. The minimum Gasteiger partial charge on any atom is -0.339 e. The fourth-order valence-electron chi connectivity index (χ4n) is 1.67. The van der Waals surface area contributed by atoms with Gasteiger partial charge < -0.3 is 6.92 Å². The number of halogens is 1. The van der Waals surface area contributed by atoms with Crippen LogP contribution < -0.4 is 0 Å². The van der Waals surface area contributed by atoms with Crippen molar-refractivity contribution in [2.45, 2.75) is 6.42 Å². The maximum absolute atomic E-state index is 3.76. The van der Waals surface area contributed by atoms with Crippen LogP contribution in [0.3, 0.4) is 0 Å². The molecule has 147 valence electrons. The molecule has 0 spiro atoms. The van der Waals surface area contributed by atoms with Crippen molar-refractivity contribution >= 4 is 13.6 Å². The predicted molar refractivity (Wildman–Crippen MR) is 120 cm³/mol. The van der Waals surface area contributed by atoms with Gasteiger partial charge in [0.05, 0.1) is 0 Å². The SMILES string of the molecule is [Br][Ru].[CH2-]Cc1ccccc1.[c-]1ccccc1.[c-]1ccccc1.[c-]1ccccc1. The second-order valence-electron chi connectivity index (χ2n) is 4.97. The van der Waals surface area contributed by atoms with E-state index in [0.717, 1.165) is 6.42 Å². The van der Waals surface area contributed by atoms with Crippen molar-refractivity contribution in [2.75, 3.05) is 0 Å². The first-order chi connectivity index (χ1) is 13.9. The average Bonchev–Trinajstić information content (AvgIpc) is 2.85. The molecule has 0 aromatic heterocycles. The molecule has 0 radical (unpaired) electrons. The molecule has 0 bridgehead atoms. The van der Waals surface area contributed by atoms with Gasteiger partial charge in [0.15, 0.2) is 0 Å². The first kappa shape index (κ1) is 26.0. The fourth-order valence-corrected chi connectivity index (χ4v) is 1.67. The summed E-state index contributed by atoms with van der Waals surface area (Å²) in [6, 6.07) is 47.7. The summed E-state index contributed by atoms with van der Waals surface area (Å²) in [4.78, 5) is 0. The van der Waals surface area contributed by atoms with Crippen LogP contribution in [0, 0.1) is 25.1 Å². The van der Waals surface area contributed by atoms with Crippen molar-refractivity contribution < 1.29 is 16.3 Å². The molecule has 4 aromatic rings. The van der Waals surface area contributed by atoms with Crippen LogP contribution >= 0.6 is 13.6 Å². The van der Waals surface area contributed by atoms with Crippen LogP contribution in [0.2, 0.25) is 0 Å². The minimum absolute atomic E-state index is 0.890. The summed E-state index contributed by atoms with van der Waals surface area (Å²) in [5, 5.41) is 0. The summed E-state index contributed by atoms with van der Waals surface area (Å²) in [5.74, 6) is 0. The van der Waals surface area contributed by atoms with Crippen LogP contribution in [0.1, 0.15) is 5.56 Å². The molecule has 4 aromatic carbocycles. The van der Waals surface area contributed by atoms with Crippen LogP contribution in [0.5, 0.6) is 0 Å². The second kappa shape index (κ2) is 23.0. The zero-order valence-electron chi connectivity index (χ0n) is 15.7. The zero-order valence-corrected chi connectivity index (χ0v) is 19.0. The Bertz CT molecular complexity index is 562. The van der Waals surface area contributed by atoms with Gasteiger partial charge in [-0.25, -0.2) is 0 Å². The molecule has 0 aliphatic carbocycles. The Morgan fingerprint density at radius 1 is 0.536 bits per heavy atom. The Balaban J connectivity index is 0.000000339. The van der Waals surface area contributed by atoms with Crippen LogP contribution in [0.25, 0.3) is 0 Å². The van der Waals surface area contributed by atoms with Gasteiger partial charge >= 0.3 is 30.0 Å². The standard InChI is InChI=1S/C8H9.3C6H5.BrH.Ru/c1-2-8-6-4-3-5-7-8;3*1-2-4-6-5-3-1;;/h3-7H,1-2H2;3*1-5H;1H;/q4*-1;;+1/p-1. The molecule has 28 heavy (non-hydrogen) atoms. The Morgan fingerprint density at radius 2 is 0.821 bits per heavy atom. The first-order valence-electron chi connectivity index (χ1n) is 8.63. The summed E-state index contributed by atoms with van der Waals surface area (Å²) < 4.78 is 0. The summed E-state index contributed by atoms with van der Waals surface area (Å²) in [5.41, 5.74) is 1.30. The van der Waals surface area contributed by atoms with Crippen molar-refractivity contribution in [3.63, 3.8) is 0 Å². The van der Waals surface area contributed by atoms with Crippen molar-refractivity contribution in [3.8, 4) is 0 Å². The quantitative estimate of drug-likeness (QED) is 0.183. The third-order valence-corrected chi connectivity index (χ3v) is 2.95. The molecular weight excluding hydrogens is 493 g/mol. The van der Waals surface area contributed by atoms with E-state index in [1.807, 2.05) is 109 Å². The second-order valence-corrected chi connectivity index (χ2v) is 4.97. The molecule has 0 heterocycles. The van der Waals surface area contributed by atoms with Gasteiger partial charge in [-0.3, -0.25) is 0 Å². The molecule has 2 heteroatoms. The zero-order chi connectivity index (χ0) is 20.5. The molecule has 4 rings (SSSR count). The third-order valence-electron chi connectivity index (χ3n) is 2.95. The van der Waals surface area contributed by atoms with E-state index in [4.69, 9.17) is 0 Å². The molecule has 0 aliphatic rings. The molecular formula is C26H24BrRu-4. The first-order valence-corrected chi connectivity index (χ1v) is 12.6. The monoisotopic (exact) mass is 517 g/mol.